The van der Waals surface area contributed by atoms with Gasteiger partial charge in [0.05, 0.1) is 5.56 Å². The first-order chi connectivity index (χ1) is 13.2. The van der Waals surface area contributed by atoms with E-state index in [4.69, 9.17) is 4.42 Å². The van der Waals surface area contributed by atoms with Gasteiger partial charge in [0.25, 0.3) is 0 Å². The van der Waals surface area contributed by atoms with Crippen molar-refractivity contribution in [1.82, 2.24) is 19.9 Å². The molecule has 8 nitrogen and oxygen atoms in total. The predicted molar refractivity (Wildman–Crippen MR) is 101 cm³/mol. The van der Waals surface area contributed by atoms with Crippen LogP contribution in [0.5, 0.6) is 0 Å². The molecule has 0 saturated heterocycles. The van der Waals surface area contributed by atoms with Crippen LogP contribution in [-0.4, -0.2) is 32.9 Å². The van der Waals surface area contributed by atoms with Gasteiger partial charge in [-0.1, -0.05) is 0 Å². The number of nitrogens with one attached hydrogen (secondary N) is 2. The number of carbonyl (C=O) groups is 1. The number of hydrogen-bond donors (Lipinski definition) is 2. The number of carbonyl (C=O) groups excluding carboxylic acids is 1. The Morgan fingerprint density at radius 3 is 2.85 bits per heavy atom. The zero-order valence-electron chi connectivity index (χ0n) is 14.6. The molecule has 1 saturated carbocycles. The summed E-state index contributed by atoms with van der Waals surface area (Å²) in [6.45, 7) is 0. The van der Waals surface area contributed by atoms with E-state index >= 15 is 0 Å². The number of anilines is 2. The molecule has 1 amide bonds. The number of aromatic nitrogens is 4. The Morgan fingerprint density at radius 2 is 2.07 bits per heavy atom. The Morgan fingerprint density at radius 1 is 1.19 bits per heavy atom. The zero-order valence-corrected chi connectivity index (χ0v) is 14.6. The SMILES string of the molecule is CNc1ncc(-c2nc3cccnc3o2)c2cc(NC(=O)C3CC3)ncc12. The molecule has 2 N–H and O–H groups in total. The van der Waals surface area contributed by atoms with Gasteiger partial charge in [0.2, 0.25) is 17.5 Å². The van der Waals surface area contributed by atoms with Gasteiger partial charge in [0.1, 0.15) is 17.2 Å². The van der Waals surface area contributed by atoms with E-state index in [-0.39, 0.29) is 11.8 Å². The van der Waals surface area contributed by atoms with Crippen molar-refractivity contribution in [3.05, 3.63) is 36.8 Å². The monoisotopic (exact) mass is 360 g/mol. The van der Waals surface area contributed by atoms with E-state index in [0.717, 1.165) is 23.6 Å². The lowest BCUT2D eigenvalue weighted by molar-refractivity contribution is -0.117. The molecule has 27 heavy (non-hydrogen) atoms. The van der Waals surface area contributed by atoms with Crippen LogP contribution in [-0.2, 0) is 4.79 Å². The number of amides is 1. The molecule has 5 rings (SSSR count). The number of pyridine rings is 3. The number of rotatable bonds is 4. The highest BCUT2D eigenvalue weighted by atomic mass is 16.4. The van der Waals surface area contributed by atoms with Crippen molar-refractivity contribution in [2.24, 2.45) is 5.92 Å². The highest BCUT2D eigenvalue weighted by Gasteiger charge is 2.30. The third kappa shape index (κ3) is 2.75. The fraction of sp³-hybridized carbons (Fsp3) is 0.211. The smallest absolute Gasteiger partial charge is 0.247 e. The molecule has 1 fully saturated rings. The number of nitrogens with zero attached hydrogens (tertiary/aromatic N) is 4. The standard InChI is InChI=1S/C19H16N6O2/c1-20-16-12-8-22-15(25-17(26)10-4-5-10)7-11(12)13(9-23-16)18-24-14-3-2-6-21-19(14)27-18/h2-3,6-10H,4-5H2,1H3,(H,20,23)(H,22,25,26). The average Bonchev–Trinajstić information content (AvgIpc) is 3.46. The lowest BCUT2D eigenvalue weighted by atomic mass is 10.1. The van der Waals surface area contributed by atoms with Crippen molar-refractivity contribution in [2.45, 2.75) is 12.8 Å². The molecule has 1 aliphatic rings. The Hall–Kier alpha value is -3.55. The van der Waals surface area contributed by atoms with Gasteiger partial charge in [-0.15, -0.1) is 0 Å². The lowest BCUT2D eigenvalue weighted by Crippen LogP contribution is -2.14. The molecular weight excluding hydrogens is 344 g/mol. The summed E-state index contributed by atoms with van der Waals surface area (Å²) in [6, 6.07) is 5.48. The van der Waals surface area contributed by atoms with Crippen LogP contribution in [0.4, 0.5) is 11.6 Å². The summed E-state index contributed by atoms with van der Waals surface area (Å²) in [5.41, 5.74) is 1.86. The predicted octanol–water partition coefficient (Wildman–Crippen LogP) is 3.22. The summed E-state index contributed by atoms with van der Waals surface area (Å²) in [5, 5.41) is 7.60. The lowest BCUT2D eigenvalue weighted by Gasteiger charge is -2.10. The van der Waals surface area contributed by atoms with Crippen molar-refractivity contribution >= 4 is 39.5 Å². The molecule has 0 radical (unpaired) electrons. The largest absolute Gasteiger partial charge is 0.418 e. The second kappa shape index (κ2) is 6.01. The molecule has 0 unspecified atom stereocenters. The van der Waals surface area contributed by atoms with Crippen molar-refractivity contribution in [3.63, 3.8) is 0 Å². The molecular formula is C19H16N6O2. The normalized spacial score (nSPS) is 13.8. The molecule has 0 aliphatic heterocycles. The minimum absolute atomic E-state index is 0.0114. The summed E-state index contributed by atoms with van der Waals surface area (Å²) in [5.74, 6) is 1.74. The van der Waals surface area contributed by atoms with Gasteiger partial charge in [-0.25, -0.2) is 19.9 Å². The minimum atomic E-state index is 0.0114. The van der Waals surface area contributed by atoms with Gasteiger partial charge in [-0.05, 0) is 31.0 Å². The summed E-state index contributed by atoms with van der Waals surface area (Å²) >= 11 is 0. The third-order valence-electron chi connectivity index (χ3n) is 4.61. The van der Waals surface area contributed by atoms with Crippen LogP contribution in [0.3, 0.4) is 0 Å². The Balaban J connectivity index is 1.66. The maximum absolute atomic E-state index is 12.1. The molecule has 4 heterocycles. The van der Waals surface area contributed by atoms with E-state index in [1.165, 1.54) is 0 Å². The van der Waals surface area contributed by atoms with E-state index in [9.17, 15) is 4.79 Å². The second-order valence-electron chi connectivity index (χ2n) is 6.50. The summed E-state index contributed by atoms with van der Waals surface area (Å²) in [6.07, 6.45) is 6.93. The fourth-order valence-corrected chi connectivity index (χ4v) is 3.03. The van der Waals surface area contributed by atoms with E-state index in [1.54, 1.807) is 25.6 Å². The highest BCUT2D eigenvalue weighted by Crippen LogP contribution is 2.34. The van der Waals surface area contributed by atoms with Crippen LogP contribution in [0.2, 0.25) is 0 Å². The van der Waals surface area contributed by atoms with Crippen LogP contribution in [0, 0.1) is 5.92 Å². The van der Waals surface area contributed by atoms with E-state index in [0.29, 0.717) is 34.3 Å². The highest BCUT2D eigenvalue weighted by molar-refractivity contribution is 6.03. The Kier molecular flexibility index (Phi) is 3.49. The Bertz CT molecular complexity index is 1150. The molecule has 4 aromatic rings. The van der Waals surface area contributed by atoms with Crippen LogP contribution in [0.25, 0.3) is 33.5 Å². The molecule has 134 valence electrons. The third-order valence-corrected chi connectivity index (χ3v) is 4.61. The summed E-state index contributed by atoms with van der Waals surface area (Å²) in [7, 11) is 1.80. The van der Waals surface area contributed by atoms with E-state index in [2.05, 4.69) is 30.6 Å². The minimum Gasteiger partial charge on any atom is -0.418 e. The van der Waals surface area contributed by atoms with Crippen molar-refractivity contribution in [1.29, 1.82) is 0 Å². The molecule has 0 aromatic carbocycles. The average molecular weight is 360 g/mol. The van der Waals surface area contributed by atoms with Gasteiger partial charge in [0.15, 0.2) is 0 Å². The first-order valence-corrected chi connectivity index (χ1v) is 8.72. The zero-order chi connectivity index (χ0) is 18.4. The van der Waals surface area contributed by atoms with Crippen LogP contribution < -0.4 is 10.6 Å². The van der Waals surface area contributed by atoms with E-state index < -0.39 is 0 Å². The van der Waals surface area contributed by atoms with Gasteiger partial charge >= 0.3 is 0 Å². The second-order valence-corrected chi connectivity index (χ2v) is 6.50. The van der Waals surface area contributed by atoms with Crippen molar-refractivity contribution < 1.29 is 9.21 Å². The Labute approximate surface area is 154 Å². The van der Waals surface area contributed by atoms with Crippen LogP contribution in [0.15, 0.2) is 41.2 Å². The first-order valence-electron chi connectivity index (χ1n) is 8.72. The van der Waals surface area contributed by atoms with Crippen molar-refractivity contribution in [2.75, 3.05) is 17.7 Å². The molecule has 0 spiro atoms. The first kappa shape index (κ1) is 15.7. The van der Waals surface area contributed by atoms with Gasteiger partial charge in [0, 0.05) is 42.3 Å². The van der Waals surface area contributed by atoms with Crippen LogP contribution in [0.1, 0.15) is 12.8 Å². The van der Waals surface area contributed by atoms with Gasteiger partial charge in [-0.2, -0.15) is 0 Å². The van der Waals surface area contributed by atoms with Crippen LogP contribution >= 0.6 is 0 Å². The maximum Gasteiger partial charge on any atom is 0.247 e. The molecule has 0 bridgehead atoms. The van der Waals surface area contributed by atoms with Crippen molar-refractivity contribution in [3.8, 4) is 11.5 Å². The van der Waals surface area contributed by atoms with Gasteiger partial charge < -0.3 is 15.1 Å². The molecule has 4 aromatic heterocycles. The topological polar surface area (TPSA) is 106 Å². The quantitative estimate of drug-likeness (QED) is 0.575. The maximum atomic E-state index is 12.1. The molecule has 0 atom stereocenters. The van der Waals surface area contributed by atoms with E-state index in [1.807, 2.05) is 18.2 Å². The number of hydrogen-bond acceptors (Lipinski definition) is 7. The number of oxazole rings is 1. The molecule has 8 heteroatoms. The number of fused-ring (bicyclic) bond motifs is 2. The summed E-state index contributed by atoms with van der Waals surface area (Å²) < 4.78 is 5.81. The molecule has 1 aliphatic carbocycles. The fourth-order valence-electron chi connectivity index (χ4n) is 3.03. The van der Waals surface area contributed by atoms with Gasteiger partial charge in [-0.3, -0.25) is 4.79 Å². The summed E-state index contributed by atoms with van der Waals surface area (Å²) in [4.78, 5) is 29.6.